The van der Waals surface area contributed by atoms with Crippen LogP contribution in [0.4, 0.5) is 5.69 Å². The Labute approximate surface area is 91.0 Å². The predicted molar refractivity (Wildman–Crippen MR) is 54.6 cm³/mol. The Balaban J connectivity index is 3.11. The SMILES string of the molecule is CCOC(=O)c1cnc(Cl)c(N)c1Cl. The first-order chi connectivity index (χ1) is 6.57. The lowest BCUT2D eigenvalue weighted by Crippen LogP contribution is -2.07. The van der Waals surface area contributed by atoms with E-state index < -0.39 is 5.97 Å². The summed E-state index contributed by atoms with van der Waals surface area (Å²) in [4.78, 5) is 15.0. The van der Waals surface area contributed by atoms with Gasteiger partial charge < -0.3 is 10.5 Å². The third-order valence-electron chi connectivity index (χ3n) is 1.50. The third kappa shape index (κ3) is 2.08. The van der Waals surface area contributed by atoms with E-state index in [4.69, 9.17) is 33.7 Å². The smallest absolute Gasteiger partial charge is 0.341 e. The molecule has 0 aliphatic rings. The van der Waals surface area contributed by atoms with Crippen LogP contribution in [-0.2, 0) is 4.74 Å². The van der Waals surface area contributed by atoms with Gasteiger partial charge in [-0.15, -0.1) is 0 Å². The Morgan fingerprint density at radius 1 is 1.64 bits per heavy atom. The van der Waals surface area contributed by atoms with Crippen molar-refractivity contribution >= 4 is 34.9 Å². The zero-order chi connectivity index (χ0) is 10.7. The Morgan fingerprint density at radius 2 is 2.29 bits per heavy atom. The monoisotopic (exact) mass is 234 g/mol. The molecule has 0 saturated carbocycles. The first-order valence-electron chi connectivity index (χ1n) is 3.84. The fourth-order valence-electron chi connectivity index (χ4n) is 0.834. The molecular weight excluding hydrogens is 227 g/mol. The predicted octanol–water partition coefficient (Wildman–Crippen LogP) is 2.15. The van der Waals surface area contributed by atoms with Gasteiger partial charge in [0.05, 0.1) is 22.9 Å². The van der Waals surface area contributed by atoms with Crippen LogP contribution in [0.3, 0.4) is 0 Å². The van der Waals surface area contributed by atoms with Crippen LogP contribution in [0.5, 0.6) is 0 Å². The van der Waals surface area contributed by atoms with Crippen LogP contribution in [0.25, 0.3) is 0 Å². The molecule has 0 atom stereocenters. The largest absolute Gasteiger partial charge is 0.462 e. The molecule has 1 heterocycles. The van der Waals surface area contributed by atoms with Crippen molar-refractivity contribution < 1.29 is 9.53 Å². The molecule has 4 nitrogen and oxygen atoms in total. The van der Waals surface area contributed by atoms with E-state index in [0.29, 0.717) is 0 Å². The topological polar surface area (TPSA) is 65.2 Å². The highest BCUT2D eigenvalue weighted by Gasteiger charge is 2.16. The van der Waals surface area contributed by atoms with Crippen molar-refractivity contribution in [2.45, 2.75) is 6.92 Å². The van der Waals surface area contributed by atoms with E-state index in [9.17, 15) is 4.79 Å². The van der Waals surface area contributed by atoms with Crippen molar-refractivity contribution in [2.75, 3.05) is 12.3 Å². The van der Waals surface area contributed by atoms with Crippen molar-refractivity contribution in [2.24, 2.45) is 0 Å². The number of rotatable bonds is 2. The Hall–Kier alpha value is -1.00. The average Bonchev–Trinajstić information content (AvgIpc) is 2.15. The van der Waals surface area contributed by atoms with Crippen molar-refractivity contribution in [1.29, 1.82) is 0 Å². The summed E-state index contributed by atoms with van der Waals surface area (Å²) < 4.78 is 4.74. The number of nitrogens with two attached hydrogens (primary N) is 1. The van der Waals surface area contributed by atoms with Gasteiger partial charge in [0.25, 0.3) is 0 Å². The number of nitrogens with zero attached hydrogens (tertiary/aromatic N) is 1. The molecule has 0 aliphatic heterocycles. The molecule has 0 saturated heterocycles. The molecule has 0 unspecified atom stereocenters. The first kappa shape index (κ1) is 11.1. The van der Waals surface area contributed by atoms with Crippen molar-refractivity contribution in [3.05, 3.63) is 21.9 Å². The van der Waals surface area contributed by atoms with E-state index in [1.54, 1.807) is 6.92 Å². The number of hydrogen-bond donors (Lipinski definition) is 1. The number of aromatic nitrogens is 1. The molecular formula is C8H8Cl2N2O2. The number of pyridine rings is 1. The van der Waals surface area contributed by atoms with E-state index >= 15 is 0 Å². The molecule has 0 aromatic carbocycles. The van der Waals surface area contributed by atoms with Gasteiger partial charge in [0, 0.05) is 6.20 Å². The highest BCUT2D eigenvalue weighted by molar-refractivity contribution is 6.39. The molecule has 1 aromatic rings. The minimum Gasteiger partial charge on any atom is -0.462 e. The third-order valence-corrected chi connectivity index (χ3v) is 2.21. The molecule has 6 heteroatoms. The van der Waals surface area contributed by atoms with Gasteiger partial charge in [-0.2, -0.15) is 0 Å². The van der Waals surface area contributed by atoms with Gasteiger partial charge in [-0.1, -0.05) is 23.2 Å². The summed E-state index contributed by atoms with van der Waals surface area (Å²) >= 11 is 11.4. The van der Waals surface area contributed by atoms with Crippen LogP contribution in [0.1, 0.15) is 17.3 Å². The fraction of sp³-hybridized carbons (Fsp3) is 0.250. The summed E-state index contributed by atoms with van der Waals surface area (Å²) in [6.45, 7) is 1.95. The number of anilines is 1. The average molecular weight is 235 g/mol. The molecule has 0 fully saturated rings. The Morgan fingerprint density at radius 3 is 2.86 bits per heavy atom. The maximum Gasteiger partial charge on any atom is 0.341 e. The first-order valence-corrected chi connectivity index (χ1v) is 4.60. The second kappa shape index (κ2) is 4.48. The minimum atomic E-state index is -0.562. The molecule has 0 aliphatic carbocycles. The van der Waals surface area contributed by atoms with Crippen LogP contribution in [0, 0.1) is 0 Å². The Kier molecular flexibility index (Phi) is 3.55. The summed E-state index contributed by atoms with van der Waals surface area (Å²) in [5, 5.41) is 0.145. The van der Waals surface area contributed by atoms with Crippen LogP contribution in [0.15, 0.2) is 6.20 Å². The number of carbonyl (C=O) groups excluding carboxylic acids is 1. The minimum absolute atomic E-state index is 0.0723. The molecule has 0 radical (unpaired) electrons. The maximum absolute atomic E-state index is 11.3. The number of ether oxygens (including phenoxy) is 1. The Bertz CT molecular complexity index is 369. The van der Waals surface area contributed by atoms with Gasteiger partial charge in [-0.3, -0.25) is 0 Å². The molecule has 1 rings (SSSR count). The molecule has 0 spiro atoms. The number of nitrogen functional groups attached to an aromatic ring is 1. The number of hydrogen-bond acceptors (Lipinski definition) is 4. The maximum atomic E-state index is 11.3. The lowest BCUT2D eigenvalue weighted by molar-refractivity contribution is 0.0526. The second-order valence-electron chi connectivity index (χ2n) is 2.41. The van der Waals surface area contributed by atoms with Gasteiger partial charge in [-0.05, 0) is 6.92 Å². The van der Waals surface area contributed by atoms with Gasteiger partial charge in [0.2, 0.25) is 0 Å². The number of halogens is 2. The van der Waals surface area contributed by atoms with E-state index in [-0.39, 0.29) is 28.0 Å². The summed E-state index contributed by atoms with van der Waals surface area (Å²) in [6.07, 6.45) is 1.24. The van der Waals surface area contributed by atoms with Gasteiger partial charge >= 0.3 is 5.97 Å². The van der Waals surface area contributed by atoms with E-state index in [0.717, 1.165) is 0 Å². The van der Waals surface area contributed by atoms with Gasteiger partial charge in [-0.25, -0.2) is 9.78 Å². The van der Waals surface area contributed by atoms with E-state index in [2.05, 4.69) is 4.98 Å². The van der Waals surface area contributed by atoms with Crippen molar-refractivity contribution in [1.82, 2.24) is 4.98 Å². The molecule has 1 aromatic heterocycles. The quantitative estimate of drug-likeness (QED) is 0.630. The molecule has 0 amide bonds. The fourth-order valence-corrected chi connectivity index (χ4v) is 1.24. The van der Waals surface area contributed by atoms with Crippen LogP contribution in [-0.4, -0.2) is 17.6 Å². The molecule has 76 valence electrons. The summed E-state index contributed by atoms with van der Waals surface area (Å²) in [5.41, 5.74) is 5.69. The zero-order valence-electron chi connectivity index (χ0n) is 7.38. The van der Waals surface area contributed by atoms with Gasteiger partial charge in [0.15, 0.2) is 5.15 Å². The number of carbonyl (C=O) groups is 1. The molecule has 14 heavy (non-hydrogen) atoms. The lowest BCUT2D eigenvalue weighted by Gasteiger charge is -2.06. The van der Waals surface area contributed by atoms with Crippen molar-refractivity contribution in [3.8, 4) is 0 Å². The van der Waals surface area contributed by atoms with Crippen LogP contribution in [0.2, 0.25) is 10.2 Å². The molecule has 2 N–H and O–H groups in total. The zero-order valence-corrected chi connectivity index (χ0v) is 8.89. The van der Waals surface area contributed by atoms with Gasteiger partial charge in [0.1, 0.15) is 0 Å². The standard InChI is InChI=1S/C8H8Cl2N2O2/c1-2-14-8(13)4-3-12-7(10)6(11)5(4)9/h3H,2,11H2,1H3. The summed E-state index contributed by atoms with van der Waals surface area (Å²) in [7, 11) is 0. The van der Waals surface area contributed by atoms with E-state index in [1.165, 1.54) is 6.20 Å². The normalized spacial score (nSPS) is 9.93. The highest BCUT2D eigenvalue weighted by Crippen LogP contribution is 2.28. The highest BCUT2D eigenvalue weighted by atomic mass is 35.5. The second-order valence-corrected chi connectivity index (χ2v) is 3.15. The van der Waals surface area contributed by atoms with Crippen LogP contribution >= 0.6 is 23.2 Å². The summed E-state index contributed by atoms with van der Waals surface area (Å²) in [6, 6.07) is 0. The van der Waals surface area contributed by atoms with Crippen molar-refractivity contribution in [3.63, 3.8) is 0 Å². The number of esters is 1. The summed E-state index contributed by atoms with van der Waals surface area (Å²) in [5.74, 6) is -0.562. The van der Waals surface area contributed by atoms with Crippen LogP contribution < -0.4 is 5.73 Å². The lowest BCUT2D eigenvalue weighted by atomic mass is 10.2. The molecule has 0 bridgehead atoms. The van der Waals surface area contributed by atoms with E-state index in [1.807, 2.05) is 0 Å².